The van der Waals surface area contributed by atoms with Crippen LogP contribution >= 0.6 is 0 Å². The highest BCUT2D eigenvalue weighted by Gasteiger charge is 2.17. The van der Waals surface area contributed by atoms with Crippen LogP contribution < -0.4 is 0 Å². The van der Waals surface area contributed by atoms with Crippen molar-refractivity contribution < 1.29 is 18.7 Å². The van der Waals surface area contributed by atoms with Crippen LogP contribution in [0.15, 0.2) is 47.1 Å². The van der Waals surface area contributed by atoms with Crippen molar-refractivity contribution in [1.82, 2.24) is 0 Å². The lowest BCUT2D eigenvalue weighted by Gasteiger charge is -2.23. The highest BCUT2D eigenvalue weighted by molar-refractivity contribution is 6.07. The summed E-state index contributed by atoms with van der Waals surface area (Å²) in [7, 11) is 0. The van der Waals surface area contributed by atoms with E-state index in [9.17, 15) is 4.79 Å². The Morgan fingerprint density at radius 1 is 1.05 bits per heavy atom. The number of carbonyl (C=O) groups excluding carboxylic acids is 1. The molecule has 1 saturated heterocycles. The molecule has 3 rings (SSSR count). The van der Waals surface area contributed by atoms with Crippen molar-refractivity contribution in [3.05, 3.63) is 59.5 Å². The zero-order valence-corrected chi connectivity index (χ0v) is 10.4. The highest BCUT2D eigenvalue weighted by Crippen LogP contribution is 2.23. The zero-order valence-electron chi connectivity index (χ0n) is 10.4. The van der Waals surface area contributed by atoms with E-state index >= 15 is 0 Å². The normalized spacial score (nSPS) is 16.4. The predicted molar refractivity (Wildman–Crippen MR) is 67.8 cm³/mol. The van der Waals surface area contributed by atoms with Gasteiger partial charge in [-0.1, -0.05) is 24.3 Å². The summed E-state index contributed by atoms with van der Waals surface area (Å²) in [5, 5.41) is 0. The minimum Gasteiger partial charge on any atom is -0.461 e. The van der Waals surface area contributed by atoms with Gasteiger partial charge in [0.25, 0.3) is 0 Å². The van der Waals surface area contributed by atoms with Gasteiger partial charge in [-0.25, -0.2) is 0 Å². The van der Waals surface area contributed by atoms with E-state index in [4.69, 9.17) is 13.9 Å². The van der Waals surface area contributed by atoms with Gasteiger partial charge in [0, 0.05) is 11.1 Å². The van der Waals surface area contributed by atoms with Crippen LogP contribution in [0.1, 0.15) is 34.4 Å². The smallest absolute Gasteiger partial charge is 0.228 e. The molecule has 4 nitrogen and oxygen atoms in total. The maximum Gasteiger partial charge on any atom is 0.228 e. The Morgan fingerprint density at radius 3 is 2.42 bits per heavy atom. The number of benzene rings is 1. The van der Waals surface area contributed by atoms with E-state index < -0.39 is 0 Å². The quantitative estimate of drug-likeness (QED) is 0.794. The van der Waals surface area contributed by atoms with Gasteiger partial charge in [-0.05, 0) is 18.6 Å². The lowest BCUT2D eigenvalue weighted by atomic mass is 10.1. The summed E-state index contributed by atoms with van der Waals surface area (Å²) >= 11 is 0. The lowest BCUT2D eigenvalue weighted by molar-refractivity contribution is -0.183. The average Bonchev–Trinajstić information content (AvgIpc) is 3.02. The number of rotatable bonds is 3. The Bertz CT molecular complexity index is 536. The number of ether oxygens (including phenoxy) is 2. The van der Waals surface area contributed by atoms with E-state index in [1.54, 1.807) is 24.3 Å². The summed E-state index contributed by atoms with van der Waals surface area (Å²) in [6, 6.07) is 10.6. The first kappa shape index (κ1) is 12.1. The van der Waals surface area contributed by atoms with E-state index in [0.717, 1.165) is 12.0 Å². The van der Waals surface area contributed by atoms with Crippen LogP contribution in [0.3, 0.4) is 0 Å². The van der Waals surface area contributed by atoms with Crippen LogP contribution in [0.5, 0.6) is 0 Å². The molecule has 4 heteroatoms. The van der Waals surface area contributed by atoms with Crippen LogP contribution in [0.25, 0.3) is 0 Å². The second-order valence-electron chi connectivity index (χ2n) is 4.36. The molecule has 0 spiro atoms. The maximum atomic E-state index is 12.0. The van der Waals surface area contributed by atoms with Crippen molar-refractivity contribution >= 4 is 5.78 Å². The van der Waals surface area contributed by atoms with Crippen LogP contribution in [0.2, 0.25) is 0 Å². The molecule has 0 amide bonds. The van der Waals surface area contributed by atoms with E-state index in [1.165, 1.54) is 6.26 Å². The third-order valence-corrected chi connectivity index (χ3v) is 3.02. The third-order valence-electron chi connectivity index (χ3n) is 3.02. The molecule has 1 aliphatic rings. The van der Waals surface area contributed by atoms with Crippen molar-refractivity contribution in [3.63, 3.8) is 0 Å². The second kappa shape index (κ2) is 5.38. The summed E-state index contributed by atoms with van der Waals surface area (Å²) < 4.78 is 16.1. The maximum absolute atomic E-state index is 12.0. The monoisotopic (exact) mass is 258 g/mol. The fraction of sp³-hybridized carbons (Fsp3) is 0.267. The van der Waals surface area contributed by atoms with Gasteiger partial charge in [0.2, 0.25) is 5.78 Å². The first-order chi connectivity index (χ1) is 9.34. The Balaban J connectivity index is 1.77. The van der Waals surface area contributed by atoms with Crippen molar-refractivity contribution in [1.29, 1.82) is 0 Å². The highest BCUT2D eigenvalue weighted by atomic mass is 16.7. The molecule has 2 aromatic rings. The molecule has 1 aromatic carbocycles. The number of hydrogen-bond donors (Lipinski definition) is 0. The summed E-state index contributed by atoms with van der Waals surface area (Å²) in [4.78, 5) is 12.0. The first-order valence-corrected chi connectivity index (χ1v) is 6.26. The van der Waals surface area contributed by atoms with Gasteiger partial charge in [-0.3, -0.25) is 4.79 Å². The lowest BCUT2D eigenvalue weighted by Crippen LogP contribution is -2.17. The molecule has 0 aliphatic carbocycles. The fourth-order valence-corrected chi connectivity index (χ4v) is 2.02. The third kappa shape index (κ3) is 2.59. The van der Waals surface area contributed by atoms with Gasteiger partial charge < -0.3 is 13.9 Å². The minimum atomic E-state index is -0.318. The molecule has 0 atom stereocenters. The molecule has 1 aliphatic heterocycles. The van der Waals surface area contributed by atoms with Gasteiger partial charge in [-0.15, -0.1) is 0 Å². The second-order valence-corrected chi connectivity index (χ2v) is 4.36. The van der Waals surface area contributed by atoms with E-state index in [1.807, 2.05) is 12.1 Å². The van der Waals surface area contributed by atoms with E-state index in [0.29, 0.717) is 24.5 Å². The van der Waals surface area contributed by atoms with Crippen LogP contribution in [-0.4, -0.2) is 19.0 Å². The van der Waals surface area contributed by atoms with Crippen molar-refractivity contribution in [3.8, 4) is 0 Å². The van der Waals surface area contributed by atoms with Gasteiger partial charge in [-0.2, -0.15) is 0 Å². The standard InChI is InChI=1S/C15H14O4/c16-14(13-3-1-8-17-13)11-4-6-12(7-5-11)15-18-9-2-10-19-15/h1,3-8,15H,2,9-10H2. The molecular weight excluding hydrogens is 244 g/mol. The van der Waals surface area contributed by atoms with Crippen molar-refractivity contribution in [2.75, 3.05) is 13.2 Å². The fourth-order valence-electron chi connectivity index (χ4n) is 2.02. The molecule has 2 heterocycles. The van der Waals surface area contributed by atoms with Gasteiger partial charge in [0.1, 0.15) is 0 Å². The summed E-state index contributed by atoms with van der Waals surface area (Å²) in [6.07, 6.45) is 2.10. The molecule has 1 fully saturated rings. The molecular formula is C15H14O4. The van der Waals surface area contributed by atoms with Crippen LogP contribution in [0.4, 0.5) is 0 Å². The number of hydrogen-bond acceptors (Lipinski definition) is 4. The summed E-state index contributed by atoms with van der Waals surface area (Å²) in [5.41, 5.74) is 1.52. The molecule has 98 valence electrons. The molecule has 19 heavy (non-hydrogen) atoms. The summed E-state index contributed by atoms with van der Waals surface area (Å²) in [5.74, 6) is 0.222. The number of carbonyl (C=O) groups is 1. The SMILES string of the molecule is O=C(c1ccc(C2OCCCO2)cc1)c1ccco1. The molecule has 1 aromatic heterocycles. The molecule has 0 bridgehead atoms. The van der Waals surface area contributed by atoms with Gasteiger partial charge in [0.05, 0.1) is 19.5 Å². The minimum absolute atomic E-state index is 0.123. The number of ketones is 1. The molecule has 0 saturated carbocycles. The van der Waals surface area contributed by atoms with Crippen molar-refractivity contribution in [2.24, 2.45) is 0 Å². The number of furan rings is 1. The first-order valence-electron chi connectivity index (χ1n) is 6.26. The topological polar surface area (TPSA) is 48.7 Å². The van der Waals surface area contributed by atoms with E-state index in [-0.39, 0.29) is 12.1 Å². The largest absolute Gasteiger partial charge is 0.461 e. The Labute approximate surface area is 110 Å². The van der Waals surface area contributed by atoms with Crippen LogP contribution in [-0.2, 0) is 9.47 Å². The van der Waals surface area contributed by atoms with E-state index in [2.05, 4.69) is 0 Å². The van der Waals surface area contributed by atoms with Crippen LogP contribution in [0, 0.1) is 0 Å². The predicted octanol–water partition coefficient (Wildman–Crippen LogP) is 2.95. The molecule has 0 radical (unpaired) electrons. The Hall–Kier alpha value is -1.91. The average molecular weight is 258 g/mol. The Kier molecular flexibility index (Phi) is 3.44. The van der Waals surface area contributed by atoms with Gasteiger partial charge in [0.15, 0.2) is 12.1 Å². The molecule has 0 unspecified atom stereocenters. The van der Waals surface area contributed by atoms with Crippen molar-refractivity contribution in [2.45, 2.75) is 12.7 Å². The van der Waals surface area contributed by atoms with Gasteiger partial charge >= 0.3 is 0 Å². The molecule has 0 N–H and O–H groups in total. The summed E-state index contributed by atoms with van der Waals surface area (Å²) in [6.45, 7) is 1.41. The Morgan fingerprint density at radius 2 is 1.79 bits per heavy atom. The zero-order chi connectivity index (χ0) is 13.1.